The van der Waals surface area contributed by atoms with E-state index < -0.39 is 22.5 Å². The Hall–Kier alpha value is -3.94. The lowest BCUT2D eigenvalue weighted by Crippen LogP contribution is -2.38. The van der Waals surface area contributed by atoms with Gasteiger partial charge >= 0.3 is 0 Å². The van der Waals surface area contributed by atoms with E-state index in [1.54, 1.807) is 79.7 Å². The number of rotatable bonds is 8. The number of nitrogens with one attached hydrogen (secondary N) is 1. The lowest BCUT2D eigenvalue weighted by atomic mass is 10.0. The Labute approximate surface area is 221 Å². The van der Waals surface area contributed by atoms with Crippen molar-refractivity contribution in [3.8, 4) is 0 Å². The number of sulfonamides is 1. The Morgan fingerprint density at radius 3 is 2.16 bits per heavy atom. The number of nitrogens with zero attached hydrogens (tertiary/aromatic N) is 1. The number of benzene rings is 4. The first-order valence-corrected chi connectivity index (χ1v) is 13.3. The molecular weight excluding hydrogens is 508 g/mol. The fraction of sp³-hybridized carbons (Fsp3) is 0.103. The maximum atomic E-state index is 13.7. The van der Waals surface area contributed by atoms with Crippen LogP contribution < -0.4 is 9.62 Å². The van der Waals surface area contributed by atoms with Gasteiger partial charge in [0.1, 0.15) is 6.54 Å². The standard InChI is InChI=1S/C29H25ClN2O4S/c1-20-12-15-24(16-13-20)37(35,36)32(27-11-7-6-8-21(27)2)19-28(33)31-26-17-14-23(30)18-25(26)29(34)22-9-4-3-5-10-22/h3-18H,19H2,1-2H3,(H,31,33). The molecule has 0 bridgehead atoms. The fourth-order valence-electron chi connectivity index (χ4n) is 3.86. The zero-order valence-electron chi connectivity index (χ0n) is 20.3. The van der Waals surface area contributed by atoms with Crippen LogP contribution in [-0.4, -0.2) is 26.7 Å². The van der Waals surface area contributed by atoms with Crippen LogP contribution in [0.2, 0.25) is 5.02 Å². The monoisotopic (exact) mass is 532 g/mol. The number of hydrogen-bond donors (Lipinski definition) is 1. The van der Waals surface area contributed by atoms with Crippen molar-refractivity contribution in [3.05, 3.63) is 124 Å². The SMILES string of the molecule is Cc1ccc(S(=O)(=O)N(CC(=O)Nc2ccc(Cl)cc2C(=O)c2ccccc2)c2ccccc2C)cc1. The molecule has 0 fully saturated rings. The number of para-hydroxylation sites is 1. The maximum Gasteiger partial charge on any atom is 0.264 e. The molecule has 0 aliphatic heterocycles. The lowest BCUT2D eigenvalue weighted by Gasteiger charge is -2.26. The van der Waals surface area contributed by atoms with Crippen LogP contribution >= 0.6 is 11.6 Å². The maximum absolute atomic E-state index is 13.7. The third-order valence-electron chi connectivity index (χ3n) is 5.82. The second kappa shape index (κ2) is 11.0. The Morgan fingerprint density at radius 2 is 1.49 bits per heavy atom. The highest BCUT2D eigenvalue weighted by Crippen LogP contribution is 2.28. The first kappa shape index (κ1) is 26.1. The summed E-state index contributed by atoms with van der Waals surface area (Å²) in [6, 6.07) is 26.6. The van der Waals surface area contributed by atoms with E-state index in [-0.39, 0.29) is 21.9 Å². The molecule has 0 saturated carbocycles. The molecule has 0 radical (unpaired) electrons. The van der Waals surface area contributed by atoms with Crippen LogP contribution in [0, 0.1) is 13.8 Å². The van der Waals surface area contributed by atoms with E-state index in [1.807, 2.05) is 6.92 Å². The quantitative estimate of drug-likeness (QED) is 0.281. The van der Waals surface area contributed by atoms with Gasteiger partial charge in [0.2, 0.25) is 5.91 Å². The Balaban J connectivity index is 1.68. The molecule has 0 spiro atoms. The first-order valence-electron chi connectivity index (χ1n) is 11.5. The largest absolute Gasteiger partial charge is 0.324 e. The van der Waals surface area contributed by atoms with E-state index in [2.05, 4.69) is 5.32 Å². The van der Waals surface area contributed by atoms with Gasteiger partial charge in [-0.1, -0.05) is 77.8 Å². The molecule has 0 saturated heterocycles. The van der Waals surface area contributed by atoms with Crippen LogP contribution in [0.15, 0.2) is 102 Å². The van der Waals surface area contributed by atoms with Gasteiger partial charge in [-0.2, -0.15) is 0 Å². The molecule has 1 amide bonds. The fourth-order valence-corrected chi connectivity index (χ4v) is 5.52. The van der Waals surface area contributed by atoms with Crippen molar-refractivity contribution in [1.29, 1.82) is 0 Å². The Kier molecular flexibility index (Phi) is 7.76. The smallest absolute Gasteiger partial charge is 0.264 e. The minimum Gasteiger partial charge on any atom is -0.324 e. The summed E-state index contributed by atoms with van der Waals surface area (Å²) < 4.78 is 28.4. The summed E-state index contributed by atoms with van der Waals surface area (Å²) in [5.41, 5.74) is 2.87. The van der Waals surface area contributed by atoms with Gasteiger partial charge in [-0.3, -0.25) is 13.9 Å². The highest BCUT2D eigenvalue weighted by Gasteiger charge is 2.28. The van der Waals surface area contributed by atoms with Crippen LogP contribution in [0.1, 0.15) is 27.0 Å². The molecule has 188 valence electrons. The summed E-state index contributed by atoms with van der Waals surface area (Å²) in [6.07, 6.45) is 0. The van der Waals surface area contributed by atoms with Crippen molar-refractivity contribution in [2.45, 2.75) is 18.7 Å². The van der Waals surface area contributed by atoms with E-state index in [9.17, 15) is 18.0 Å². The molecule has 4 rings (SSSR count). The van der Waals surface area contributed by atoms with Crippen LogP contribution in [0.5, 0.6) is 0 Å². The number of halogens is 1. The third kappa shape index (κ3) is 5.90. The number of carbonyl (C=O) groups is 2. The molecular formula is C29H25ClN2O4S. The topological polar surface area (TPSA) is 83.6 Å². The first-order chi connectivity index (χ1) is 17.7. The van der Waals surface area contributed by atoms with Crippen molar-refractivity contribution in [3.63, 3.8) is 0 Å². The van der Waals surface area contributed by atoms with Gasteiger partial charge in [0.25, 0.3) is 10.0 Å². The molecule has 0 aromatic heterocycles. The zero-order valence-corrected chi connectivity index (χ0v) is 21.9. The van der Waals surface area contributed by atoms with Crippen LogP contribution in [0.4, 0.5) is 11.4 Å². The average molecular weight is 533 g/mol. The molecule has 4 aromatic carbocycles. The summed E-state index contributed by atoms with van der Waals surface area (Å²) >= 11 is 6.15. The average Bonchev–Trinajstić information content (AvgIpc) is 2.89. The number of amides is 1. The predicted molar refractivity (Wildman–Crippen MR) is 147 cm³/mol. The highest BCUT2D eigenvalue weighted by molar-refractivity contribution is 7.92. The van der Waals surface area contributed by atoms with Gasteiger partial charge in [0.05, 0.1) is 16.3 Å². The second-order valence-electron chi connectivity index (χ2n) is 8.54. The van der Waals surface area contributed by atoms with E-state index in [1.165, 1.54) is 24.3 Å². The van der Waals surface area contributed by atoms with Gasteiger partial charge < -0.3 is 5.32 Å². The molecule has 0 heterocycles. The highest BCUT2D eigenvalue weighted by atomic mass is 35.5. The molecule has 0 aliphatic rings. The summed E-state index contributed by atoms with van der Waals surface area (Å²) in [7, 11) is -4.07. The summed E-state index contributed by atoms with van der Waals surface area (Å²) in [5.74, 6) is -0.926. The number of hydrogen-bond acceptors (Lipinski definition) is 4. The molecule has 8 heteroatoms. The minimum absolute atomic E-state index is 0.0700. The van der Waals surface area contributed by atoms with Crippen LogP contribution in [-0.2, 0) is 14.8 Å². The lowest BCUT2D eigenvalue weighted by molar-refractivity contribution is -0.114. The van der Waals surface area contributed by atoms with Crippen molar-refractivity contribution in [1.82, 2.24) is 0 Å². The molecule has 6 nitrogen and oxygen atoms in total. The number of carbonyl (C=O) groups excluding carboxylic acids is 2. The number of ketones is 1. The normalized spacial score (nSPS) is 11.1. The van der Waals surface area contributed by atoms with Gasteiger partial charge in [-0.05, 0) is 55.8 Å². The van der Waals surface area contributed by atoms with Crippen molar-refractivity contribution >= 4 is 44.7 Å². The van der Waals surface area contributed by atoms with Gasteiger partial charge in [0.15, 0.2) is 5.78 Å². The molecule has 0 aliphatic carbocycles. The van der Waals surface area contributed by atoms with E-state index in [0.29, 0.717) is 21.8 Å². The minimum atomic E-state index is -4.07. The van der Waals surface area contributed by atoms with E-state index in [4.69, 9.17) is 11.6 Å². The van der Waals surface area contributed by atoms with Gasteiger partial charge in [0, 0.05) is 16.1 Å². The molecule has 0 atom stereocenters. The van der Waals surface area contributed by atoms with E-state index in [0.717, 1.165) is 9.87 Å². The second-order valence-corrected chi connectivity index (χ2v) is 10.8. The van der Waals surface area contributed by atoms with Crippen molar-refractivity contribution in [2.75, 3.05) is 16.2 Å². The predicted octanol–water partition coefficient (Wildman–Crippen LogP) is 6.02. The molecule has 4 aromatic rings. The van der Waals surface area contributed by atoms with Crippen molar-refractivity contribution < 1.29 is 18.0 Å². The number of aryl methyl sites for hydroxylation is 2. The van der Waals surface area contributed by atoms with E-state index >= 15 is 0 Å². The van der Waals surface area contributed by atoms with Crippen molar-refractivity contribution in [2.24, 2.45) is 0 Å². The van der Waals surface area contributed by atoms with Crippen LogP contribution in [0.3, 0.4) is 0 Å². The zero-order chi connectivity index (χ0) is 26.6. The number of anilines is 2. The van der Waals surface area contributed by atoms with Crippen LogP contribution in [0.25, 0.3) is 0 Å². The molecule has 0 unspecified atom stereocenters. The molecule has 37 heavy (non-hydrogen) atoms. The van der Waals surface area contributed by atoms with Gasteiger partial charge in [-0.25, -0.2) is 8.42 Å². The van der Waals surface area contributed by atoms with Gasteiger partial charge in [-0.15, -0.1) is 0 Å². The molecule has 1 N–H and O–H groups in total. The summed E-state index contributed by atoms with van der Waals surface area (Å²) in [4.78, 5) is 26.5. The summed E-state index contributed by atoms with van der Waals surface area (Å²) in [5, 5.41) is 3.05. The third-order valence-corrected chi connectivity index (χ3v) is 7.83. The Bertz CT molecular complexity index is 1550. The Morgan fingerprint density at radius 1 is 0.838 bits per heavy atom. The summed E-state index contributed by atoms with van der Waals surface area (Å²) in [6.45, 7) is 3.15.